The maximum absolute atomic E-state index is 11.4. The first-order valence-corrected chi connectivity index (χ1v) is 4.94. The number of carboxylic acid groups (broad SMARTS) is 1. The summed E-state index contributed by atoms with van der Waals surface area (Å²) in [6.07, 6.45) is 0. The fourth-order valence-electron chi connectivity index (χ4n) is 1.71. The lowest BCUT2D eigenvalue weighted by atomic mass is 9.82. The summed E-state index contributed by atoms with van der Waals surface area (Å²) >= 11 is 0. The van der Waals surface area contributed by atoms with Crippen LogP contribution < -0.4 is 0 Å². The van der Waals surface area contributed by atoms with E-state index in [9.17, 15) is 9.90 Å². The van der Waals surface area contributed by atoms with E-state index in [1.54, 1.807) is 24.3 Å². The first kappa shape index (κ1) is 12.7. The fourth-order valence-corrected chi connectivity index (χ4v) is 1.71. The normalized spacial score (nSPS) is 11.4. The van der Waals surface area contributed by atoms with Crippen LogP contribution in [0, 0.1) is 0 Å². The molecule has 1 aromatic rings. The van der Waals surface area contributed by atoms with Crippen LogP contribution in [0.5, 0.6) is 0 Å². The average Bonchev–Trinajstić information content (AvgIpc) is 2.29. The Morgan fingerprint density at radius 3 is 2.06 bits per heavy atom. The highest BCUT2D eigenvalue weighted by atomic mass is 16.5. The Hall–Kier alpha value is -1.39. The largest absolute Gasteiger partial charge is 0.480 e. The maximum atomic E-state index is 11.4. The first-order valence-electron chi connectivity index (χ1n) is 4.94. The van der Waals surface area contributed by atoms with Crippen LogP contribution in [0.2, 0.25) is 0 Å². The van der Waals surface area contributed by atoms with Crippen molar-refractivity contribution in [1.29, 1.82) is 0 Å². The number of benzene rings is 1. The number of carboxylic acids is 1. The van der Waals surface area contributed by atoms with Crippen molar-refractivity contribution in [1.82, 2.24) is 0 Å². The summed E-state index contributed by atoms with van der Waals surface area (Å²) in [5.41, 5.74) is -0.448. The predicted molar refractivity (Wildman–Crippen MR) is 59.5 cm³/mol. The summed E-state index contributed by atoms with van der Waals surface area (Å²) in [4.78, 5) is 11.4. The van der Waals surface area contributed by atoms with Gasteiger partial charge >= 0.3 is 5.97 Å². The Morgan fingerprint density at radius 2 is 1.69 bits per heavy atom. The third-order valence-electron chi connectivity index (χ3n) is 2.52. The molecule has 4 nitrogen and oxygen atoms in total. The summed E-state index contributed by atoms with van der Waals surface area (Å²) in [6.45, 7) is 0.167. The lowest BCUT2D eigenvalue weighted by Gasteiger charge is -2.28. The van der Waals surface area contributed by atoms with E-state index in [2.05, 4.69) is 0 Å². The minimum Gasteiger partial charge on any atom is -0.480 e. The van der Waals surface area contributed by atoms with Gasteiger partial charge in [-0.05, 0) is 5.56 Å². The van der Waals surface area contributed by atoms with E-state index in [0.717, 1.165) is 0 Å². The van der Waals surface area contributed by atoms with Gasteiger partial charge in [0.15, 0.2) is 0 Å². The fraction of sp³-hybridized carbons (Fsp3) is 0.417. The molecular weight excluding hydrogens is 208 g/mol. The highest BCUT2D eigenvalue weighted by Gasteiger charge is 2.40. The molecule has 0 radical (unpaired) electrons. The monoisotopic (exact) mass is 224 g/mol. The third kappa shape index (κ3) is 2.40. The molecule has 1 rings (SSSR count). The van der Waals surface area contributed by atoms with Crippen molar-refractivity contribution in [2.75, 3.05) is 27.4 Å². The number of rotatable bonds is 6. The SMILES string of the molecule is COCC(COC)(C(=O)O)c1ccccc1. The van der Waals surface area contributed by atoms with E-state index in [4.69, 9.17) is 9.47 Å². The lowest BCUT2D eigenvalue weighted by molar-refractivity contribution is -0.148. The van der Waals surface area contributed by atoms with Gasteiger partial charge < -0.3 is 14.6 Å². The van der Waals surface area contributed by atoms with Crippen LogP contribution >= 0.6 is 0 Å². The molecule has 0 amide bonds. The zero-order valence-electron chi connectivity index (χ0n) is 9.47. The number of hydrogen-bond acceptors (Lipinski definition) is 3. The number of hydrogen-bond donors (Lipinski definition) is 1. The summed E-state index contributed by atoms with van der Waals surface area (Å²) in [7, 11) is 2.96. The van der Waals surface area contributed by atoms with Crippen molar-refractivity contribution in [3.8, 4) is 0 Å². The van der Waals surface area contributed by atoms with Gasteiger partial charge in [-0.15, -0.1) is 0 Å². The standard InChI is InChI=1S/C12H16O4/c1-15-8-12(9-16-2,11(13)14)10-6-4-3-5-7-10/h3-7H,8-9H2,1-2H3,(H,13,14). The van der Waals surface area contributed by atoms with Gasteiger partial charge in [-0.1, -0.05) is 30.3 Å². The van der Waals surface area contributed by atoms with Crippen LogP contribution in [0.1, 0.15) is 5.56 Å². The van der Waals surface area contributed by atoms with Crippen LogP contribution in [-0.4, -0.2) is 38.5 Å². The molecular formula is C12H16O4. The van der Waals surface area contributed by atoms with Gasteiger partial charge in [0.05, 0.1) is 13.2 Å². The van der Waals surface area contributed by atoms with E-state index in [1.165, 1.54) is 14.2 Å². The Bertz CT molecular complexity index is 328. The van der Waals surface area contributed by atoms with E-state index in [1.807, 2.05) is 6.07 Å². The summed E-state index contributed by atoms with van der Waals surface area (Å²) in [5.74, 6) is -0.942. The molecule has 0 aliphatic rings. The maximum Gasteiger partial charge on any atom is 0.318 e. The Kier molecular flexibility index (Phi) is 4.46. The third-order valence-corrected chi connectivity index (χ3v) is 2.52. The Morgan fingerprint density at radius 1 is 1.19 bits per heavy atom. The van der Waals surface area contributed by atoms with Crippen molar-refractivity contribution in [3.63, 3.8) is 0 Å². The summed E-state index contributed by atoms with van der Waals surface area (Å²) in [5, 5.41) is 9.38. The van der Waals surface area contributed by atoms with Gasteiger partial charge in [-0.2, -0.15) is 0 Å². The van der Waals surface area contributed by atoms with Crippen molar-refractivity contribution < 1.29 is 19.4 Å². The highest BCUT2D eigenvalue weighted by Crippen LogP contribution is 2.25. The number of methoxy groups -OCH3 is 2. The molecule has 0 heterocycles. The first-order chi connectivity index (χ1) is 7.67. The summed E-state index contributed by atoms with van der Waals surface area (Å²) < 4.78 is 10.0. The van der Waals surface area contributed by atoms with Crippen LogP contribution in [0.15, 0.2) is 30.3 Å². The van der Waals surface area contributed by atoms with Crippen molar-refractivity contribution in [2.24, 2.45) is 0 Å². The molecule has 0 unspecified atom stereocenters. The lowest BCUT2D eigenvalue weighted by Crippen LogP contribution is -2.44. The van der Waals surface area contributed by atoms with Gasteiger partial charge in [0, 0.05) is 14.2 Å². The second kappa shape index (κ2) is 5.63. The quantitative estimate of drug-likeness (QED) is 0.791. The van der Waals surface area contributed by atoms with E-state index < -0.39 is 11.4 Å². The zero-order chi connectivity index (χ0) is 12.0. The van der Waals surface area contributed by atoms with Gasteiger partial charge in [-0.3, -0.25) is 4.79 Å². The Balaban J connectivity index is 3.15. The molecule has 88 valence electrons. The molecule has 0 fully saturated rings. The molecule has 0 atom stereocenters. The molecule has 0 saturated heterocycles. The molecule has 4 heteroatoms. The smallest absolute Gasteiger partial charge is 0.318 e. The topological polar surface area (TPSA) is 55.8 Å². The van der Waals surface area contributed by atoms with Crippen molar-refractivity contribution in [2.45, 2.75) is 5.41 Å². The molecule has 0 aliphatic heterocycles. The van der Waals surface area contributed by atoms with E-state index in [0.29, 0.717) is 5.56 Å². The minimum absolute atomic E-state index is 0.0835. The zero-order valence-corrected chi connectivity index (χ0v) is 9.47. The average molecular weight is 224 g/mol. The van der Waals surface area contributed by atoms with Crippen LogP contribution in [0.3, 0.4) is 0 Å². The van der Waals surface area contributed by atoms with Gasteiger partial charge in [0.25, 0.3) is 0 Å². The van der Waals surface area contributed by atoms with Crippen LogP contribution in [0.25, 0.3) is 0 Å². The molecule has 1 N–H and O–H groups in total. The summed E-state index contributed by atoms with van der Waals surface area (Å²) in [6, 6.07) is 8.99. The molecule has 0 aliphatic carbocycles. The number of carbonyl (C=O) groups is 1. The van der Waals surface area contributed by atoms with Crippen LogP contribution in [0.4, 0.5) is 0 Å². The molecule has 0 saturated carbocycles. The second-order valence-corrected chi connectivity index (χ2v) is 3.62. The molecule has 16 heavy (non-hydrogen) atoms. The van der Waals surface area contributed by atoms with Gasteiger partial charge in [-0.25, -0.2) is 0 Å². The predicted octanol–water partition coefficient (Wildman–Crippen LogP) is 1.30. The molecule has 1 aromatic carbocycles. The van der Waals surface area contributed by atoms with Crippen molar-refractivity contribution >= 4 is 5.97 Å². The Labute approximate surface area is 94.8 Å². The molecule has 0 aromatic heterocycles. The van der Waals surface area contributed by atoms with Gasteiger partial charge in [0.2, 0.25) is 0 Å². The minimum atomic E-state index is -1.13. The van der Waals surface area contributed by atoms with Crippen molar-refractivity contribution in [3.05, 3.63) is 35.9 Å². The van der Waals surface area contributed by atoms with E-state index in [-0.39, 0.29) is 13.2 Å². The van der Waals surface area contributed by atoms with Gasteiger partial charge in [0.1, 0.15) is 5.41 Å². The van der Waals surface area contributed by atoms with E-state index >= 15 is 0 Å². The highest BCUT2D eigenvalue weighted by molar-refractivity contribution is 5.81. The molecule has 0 bridgehead atoms. The second-order valence-electron chi connectivity index (χ2n) is 3.62. The van der Waals surface area contributed by atoms with Crippen LogP contribution in [-0.2, 0) is 19.7 Å². The number of aliphatic carboxylic acids is 1. The number of ether oxygens (including phenoxy) is 2. The molecule has 0 spiro atoms.